The van der Waals surface area contributed by atoms with E-state index in [1.165, 1.54) is 0 Å². The summed E-state index contributed by atoms with van der Waals surface area (Å²) in [6.45, 7) is 3.84. The Kier molecular flexibility index (Phi) is 4.08. The number of fused-ring (bicyclic) bond motifs is 2. The van der Waals surface area contributed by atoms with Gasteiger partial charge in [-0.15, -0.1) is 0 Å². The lowest BCUT2D eigenvalue weighted by Gasteiger charge is -2.08. The van der Waals surface area contributed by atoms with Gasteiger partial charge in [0.25, 0.3) is 0 Å². The summed E-state index contributed by atoms with van der Waals surface area (Å²) in [6, 6.07) is 16.2. The molecule has 4 nitrogen and oxygen atoms in total. The SMILES string of the molecule is Cc1nc(SSc2nc(C)nc3ccccc23)c2ccccc2n1. The fourth-order valence-electron chi connectivity index (χ4n) is 2.52. The molecule has 0 saturated carbocycles. The Labute approximate surface area is 147 Å². The fourth-order valence-corrected chi connectivity index (χ4v) is 4.78. The van der Waals surface area contributed by atoms with Gasteiger partial charge in [0.1, 0.15) is 21.7 Å². The summed E-state index contributed by atoms with van der Waals surface area (Å²) in [5.41, 5.74) is 1.94. The first kappa shape index (κ1) is 15.4. The maximum absolute atomic E-state index is 4.61. The van der Waals surface area contributed by atoms with E-state index in [1.54, 1.807) is 21.6 Å². The van der Waals surface area contributed by atoms with Crippen LogP contribution in [-0.2, 0) is 0 Å². The molecule has 0 atom stereocenters. The summed E-state index contributed by atoms with van der Waals surface area (Å²) < 4.78 is 0. The number of benzene rings is 2. The molecule has 0 radical (unpaired) electrons. The summed E-state index contributed by atoms with van der Waals surface area (Å²) >= 11 is 0. The van der Waals surface area contributed by atoms with Crippen LogP contribution < -0.4 is 0 Å². The van der Waals surface area contributed by atoms with Crippen molar-refractivity contribution in [2.45, 2.75) is 23.9 Å². The summed E-state index contributed by atoms with van der Waals surface area (Å²) in [7, 11) is 3.23. The monoisotopic (exact) mass is 350 g/mol. The van der Waals surface area contributed by atoms with Crippen LogP contribution in [0.15, 0.2) is 58.6 Å². The number of para-hydroxylation sites is 2. The number of hydrogen-bond donors (Lipinski definition) is 0. The molecule has 0 unspecified atom stereocenters. The van der Waals surface area contributed by atoms with Crippen LogP contribution in [0.4, 0.5) is 0 Å². The predicted octanol–water partition coefficient (Wildman–Crippen LogP) is 4.99. The number of aryl methyl sites for hydroxylation is 2. The standard InChI is InChI=1S/C18H14N4S2/c1-11-19-15-9-5-3-7-13(15)17(21-11)23-24-18-14-8-4-6-10-16(14)20-12(2)22-18/h3-10H,1-2H3. The average molecular weight is 350 g/mol. The van der Waals surface area contributed by atoms with Crippen LogP contribution in [0, 0.1) is 13.8 Å². The Morgan fingerprint density at radius 3 is 1.46 bits per heavy atom. The maximum Gasteiger partial charge on any atom is 0.127 e. The number of rotatable bonds is 3. The summed E-state index contributed by atoms with van der Waals surface area (Å²) in [5.74, 6) is 1.56. The third kappa shape index (κ3) is 2.95. The molecule has 2 aromatic heterocycles. The Balaban J connectivity index is 1.74. The number of aromatic nitrogens is 4. The van der Waals surface area contributed by atoms with Gasteiger partial charge in [0.15, 0.2) is 0 Å². The molecule has 2 aromatic carbocycles. The number of hydrogen-bond acceptors (Lipinski definition) is 6. The van der Waals surface area contributed by atoms with Crippen LogP contribution in [0.1, 0.15) is 11.6 Å². The first-order chi connectivity index (χ1) is 11.7. The van der Waals surface area contributed by atoms with Crippen LogP contribution in [0.5, 0.6) is 0 Å². The van der Waals surface area contributed by atoms with Gasteiger partial charge in [-0.2, -0.15) is 0 Å². The smallest absolute Gasteiger partial charge is 0.127 e. The maximum atomic E-state index is 4.61. The van der Waals surface area contributed by atoms with Crippen molar-refractivity contribution in [2.75, 3.05) is 0 Å². The third-order valence-electron chi connectivity index (χ3n) is 3.56. The Morgan fingerprint density at radius 2 is 1.00 bits per heavy atom. The minimum atomic E-state index is 0.778. The highest BCUT2D eigenvalue weighted by atomic mass is 33.1. The Morgan fingerprint density at radius 1 is 0.583 bits per heavy atom. The summed E-state index contributed by atoms with van der Waals surface area (Å²) in [4.78, 5) is 18.2. The van der Waals surface area contributed by atoms with Crippen molar-refractivity contribution in [3.63, 3.8) is 0 Å². The highest BCUT2D eigenvalue weighted by molar-refractivity contribution is 8.76. The van der Waals surface area contributed by atoms with Crippen LogP contribution in [-0.4, -0.2) is 19.9 Å². The molecule has 0 aliphatic heterocycles. The fraction of sp³-hybridized carbons (Fsp3) is 0.111. The van der Waals surface area contributed by atoms with E-state index >= 15 is 0 Å². The molecule has 4 rings (SSSR count). The average Bonchev–Trinajstić information content (AvgIpc) is 2.59. The van der Waals surface area contributed by atoms with Gasteiger partial charge < -0.3 is 0 Å². The first-order valence-electron chi connectivity index (χ1n) is 7.52. The molecule has 0 aliphatic rings. The Bertz CT molecular complexity index is 964. The van der Waals surface area contributed by atoms with Crippen LogP contribution >= 0.6 is 21.6 Å². The van der Waals surface area contributed by atoms with E-state index in [1.807, 2.05) is 50.2 Å². The predicted molar refractivity (Wildman–Crippen MR) is 100 cm³/mol. The lowest BCUT2D eigenvalue weighted by Crippen LogP contribution is -1.93. The van der Waals surface area contributed by atoms with Gasteiger partial charge in [0.05, 0.1) is 11.0 Å². The van der Waals surface area contributed by atoms with E-state index in [4.69, 9.17) is 0 Å². The summed E-state index contributed by atoms with van der Waals surface area (Å²) in [6.07, 6.45) is 0. The van der Waals surface area contributed by atoms with Crippen molar-refractivity contribution in [3.05, 3.63) is 60.2 Å². The van der Waals surface area contributed by atoms with Crippen molar-refractivity contribution in [1.82, 2.24) is 19.9 Å². The van der Waals surface area contributed by atoms with Crippen molar-refractivity contribution in [1.29, 1.82) is 0 Å². The molecule has 0 N–H and O–H groups in total. The molecule has 0 fully saturated rings. The van der Waals surface area contributed by atoms with E-state index in [2.05, 4.69) is 32.1 Å². The quantitative estimate of drug-likeness (QED) is 0.383. The minimum absolute atomic E-state index is 0.778. The van der Waals surface area contributed by atoms with Crippen molar-refractivity contribution in [2.24, 2.45) is 0 Å². The molecule has 4 aromatic rings. The largest absolute Gasteiger partial charge is 0.233 e. The second-order valence-electron chi connectivity index (χ2n) is 5.35. The Hall–Kier alpha value is -2.18. The van der Waals surface area contributed by atoms with Crippen LogP contribution in [0.3, 0.4) is 0 Å². The van der Waals surface area contributed by atoms with Crippen molar-refractivity contribution >= 4 is 43.4 Å². The zero-order chi connectivity index (χ0) is 16.5. The topological polar surface area (TPSA) is 51.6 Å². The molecule has 0 aliphatic carbocycles. The lowest BCUT2D eigenvalue weighted by molar-refractivity contribution is 1.01. The molecule has 6 heteroatoms. The molecule has 0 bridgehead atoms. The minimum Gasteiger partial charge on any atom is -0.233 e. The second kappa shape index (κ2) is 6.37. The zero-order valence-electron chi connectivity index (χ0n) is 13.2. The van der Waals surface area contributed by atoms with Gasteiger partial charge in [-0.05, 0) is 47.6 Å². The van der Waals surface area contributed by atoms with E-state index in [-0.39, 0.29) is 0 Å². The van der Waals surface area contributed by atoms with Gasteiger partial charge >= 0.3 is 0 Å². The highest BCUT2D eigenvalue weighted by Gasteiger charge is 2.11. The molecule has 24 heavy (non-hydrogen) atoms. The van der Waals surface area contributed by atoms with Crippen molar-refractivity contribution in [3.8, 4) is 0 Å². The van der Waals surface area contributed by atoms with Gasteiger partial charge in [-0.1, -0.05) is 36.4 Å². The van der Waals surface area contributed by atoms with Crippen LogP contribution in [0.25, 0.3) is 21.8 Å². The second-order valence-corrected chi connectivity index (χ2v) is 7.46. The van der Waals surface area contributed by atoms with Gasteiger partial charge in [0, 0.05) is 10.8 Å². The van der Waals surface area contributed by atoms with Gasteiger partial charge in [-0.25, -0.2) is 19.9 Å². The van der Waals surface area contributed by atoms with E-state index in [0.29, 0.717) is 0 Å². The molecular weight excluding hydrogens is 336 g/mol. The summed E-state index contributed by atoms with van der Waals surface area (Å²) in [5, 5.41) is 4.05. The van der Waals surface area contributed by atoms with E-state index in [0.717, 1.165) is 43.5 Å². The molecule has 0 spiro atoms. The van der Waals surface area contributed by atoms with Gasteiger partial charge in [0.2, 0.25) is 0 Å². The number of nitrogens with zero attached hydrogens (tertiary/aromatic N) is 4. The van der Waals surface area contributed by atoms with E-state index < -0.39 is 0 Å². The highest BCUT2D eigenvalue weighted by Crippen LogP contribution is 2.40. The first-order valence-corrected chi connectivity index (χ1v) is 9.67. The molecule has 2 heterocycles. The lowest BCUT2D eigenvalue weighted by atomic mass is 10.2. The molecule has 0 amide bonds. The molecular formula is C18H14N4S2. The van der Waals surface area contributed by atoms with Crippen LogP contribution in [0.2, 0.25) is 0 Å². The zero-order valence-corrected chi connectivity index (χ0v) is 14.9. The van der Waals surface area contributed by atoms with E-state index in [9.17, 15) is 0 Å². The molecule has 0 saturated heterocycles. The normalized spacial score (nSPS) is 11.2. The third-order valence-corrected chi connectivity index (χ3v) is 5.78. The molecule has 118 valence electrons. The van der Waals surface area contributed by atoms with Crippen molar-refractivity contribution < 1.29 is 0 Å². The van der Waals surface area contributed by atoms with Gasteiger partial charge in [-0.3, -0.25) is 0 Å².